The van der Waals surface area contributed by atoms with Crippen LogP contribution in [0.3, 0.4) is 0 Å². The van der Waals surface area contributed by atoms with Gasteiger partial charge in [-0.05, 0) is 55.3 Å². The van der Waals surface area contributed by atoms with Gasteiger partial charge in [0.1, 0.15) is 11.4 Å². The smallest absolute Gasteiger partial charge is 0.410 e. The molecule has 2 amide bonds. The monoisotopic (exact) mass is 434 g/mol. The molecule has 25 heavy (non-hydrogen) atoms. The van der Waals surface area contributed by atoms with Crippen molar-refractivity contribution in [2.45, 2.75) is 38.8 Å². The third-order valence-electron chi connectivity index (χ3n) is 3.92. The zero-order valence-electron chi connectivity index (χ0n) is 14.6. The lowest BCUT2D eigenvalue weighted by Crippen LogP contribution is -2.41. The van der Waals surface area contributed by atoms with Gasteiger partial charge in [0, 0.05) is 24.6 Å². The van der Waals surface area contributed by atoms with Crippen LogP contribution >= 0.6 is 27.5 Å². The first-order valence-corrected chi connectivity index (χ1v) is 9.06. The van der Waals surface area contributed by atoms with E-state index in [9.17, 15) is 14.0 Å². The summed E-state index contributed by atoms with van der Waals surface area (Å²) in [5, 5.41) is 0.202. The van der Waals surface area contributed by atoms with Crippen molar-refractivity contribution in [2.24, 2.45) is 0 Å². The van der Waals surface area contributed by atoms with Gasteiger partial charge in [-0.1, -0.05) is 11.6 Å². The van der Waals surface area contributed by atoms with Crippen molar-refractivity contribution in [1.29, 1.82) is 0 Å². The summed E-state index contributed by atoms with van der Waals surface area (Å²) in [7, 11) is 1.60. The maximum atomic E-state index is 14.1. The van der Waals surface area contributed by atoms with E-state index in [1.54, 1.807) is 32.7 Å². The summed E-state index contributed by atoms with van der Waals surface area (Å²) >= 11 is 9.03. The molecule has 0 bridgehead atoms. The highest BCUT2D eigenvalue weighted by molar-refractivity contribution is 9.10. The summed E-state index contributed by atoms with van der Waals surface area (Å²) in [4.78, 5) is 27.8. The van der Waals surface area contributed by atoms with Crippen molar-refractivity contribution >= 4 is 39.5 Å². The zero-order chi connectivity index (χ0) is 18.9. The van der Waals surface area contributed by atoms with Crippen LogP contribution < -0.4 is 0 Å². The van der Waals surface area contributed by atoms with Gasteiger partial charge in [0.2, 0.25) is 0 Å². The summed E-state index contributed by atoms with van der Waals surface area (Å²) in [6.45, 7) is 6.25. The number of ether oxygens (including phenoxy) is 1. The van der Waals surface area contributed by atoms with Crippen molar-refractivity contribution in [3.63, 3.8) is 0 Å². The SMILES string of the molecule is CN(C(=O)c1cc(Br)c(Cl)cc1F)[C@@H]1CCN(C(=O)OC(C)(C)C)C1. The van der Waals surface area contributed by atoms with Gasteiger partial charge in [0.25, 0.3) is 5.91 Å². The number of carbonyl (C=O) groups excluding carboxylic acids is 2. The molecule has 0 saturated carbocycles. The number of hydrogen-bond donors (Lipinski definition) is 0. The van der Waals surface area contributed by atoms with Crippen LogP contribution in [0.15, 0.2) is 16.6 Å². The van der Waals surface area contributed by atoms with Crippen LogP contribution in [0.4, 0.5) is 9.18 Å². The third-order valence-corrected chi connectivity index (χ3v) is 5.12. The molecule has 1 aliphatic heterocycles. The van der Waals surface area contributed by atoms with Crippen molar-refractivity contribution in [3.8, 4) is 0 Å². The van der Waals surface area contributed by atoms with Crippen LogP contribution in [0.2, 0.25) is 5.02 Å². The average molecular weight is 436 g/mol. The molecule has 2 rings (SSSR count). The Labute approximate surface area is 160 Å². The number of likely N-dealkylation sites (N-methyl/N-ethyl adjacent to an activating group) is 1. The quantitative estimate of drug-likeness (QED) is 0.650. The van der Waals surface area contributed by atoms with Crippen LogP contribution in [0.1, 0.15) is 37.6 Å². The fraction of sp³-hybridized carbons (Fsp3) is 0.529. The van der Waals surface area contributed by atoms with Crippen LogP contribution in [0.25, 0.3) is 0 Å². The van der Waals surface area contributed by atoms with Gasteiger partial charge in [-0.2, -0.15) is 0 Å². The number of nitrogens with zero attached hydrogens (tertiary/aromatic N) is 2. The summed E-state index contributed by atoms with van der Waals surface area (Å²) < 4.78 is 19.9. The Bertz CT molecular complexity index is 693. The van der Waals surface area contributed by atoms with E-state index in [4.69, 9.17) is 16.3 Å². The van der Waals surface area contributed by atoms with E-state index in [1.807, 2.05) is 0 Å². The standard InChI is InChI=1S/C17H21BrClFN2O3/c1-17(2,3)25-16(24)22-6-5-10(9-22)21(4)15(23)11-7-12(18)13(19)8-14(11)20/h7-8,10H,5-6,9H2,1-4H3/t10-/m1/s1. The molecule has 0 radical (unpaired) electrons. The molecule has 0 aromatic heterocycles. The molecule has 1 saturated heterocycles. The second-order valence-corrected chi connectivity index (χ2v) is 8.29. The first-order chi connectivity index (χ1) is 11.5. The molecule has 8 heteroatoms. The highest BCUT2D eigenvalue weighted by Crippen LogP contribution is 2.27. The maximum Gasteiger partial charge on any atom is 0.410 e. The molecule has 1 heterocycles. The Morgan fingerprint density at radius 2 is 2.04 bits per heavy atom. The molecule has 5 nitrogen and oxygen atoms in total. The fourth-order valence-electron chi connectivity index (χ4n) is 2.59. The molecular formula is C17H21BrClFN2O3. The van der Waals surface area contributed by atoms with Crippen LogP contribution in [-0.4, -0.2) is 53.6 Å². The van der Waals surface area contributed by atoms with Crippen LogP contribution in [-0.2, 0) is 4.74 Å². The number of benzene rings is 1. The van der Waals surface area contributed by atoms with Gasteiger partial charge in [-0.25, -0.2) is 9.18 Å². The predicted molar refractivity (Wildman–Crippen MR) is 97.4 cm³/mol. The number of carbonyl (C=O) groups is 2. The molecule has 1 fully saturated rings. The average Bonchev–Trinajstić information content (AvgIpc) is 2.98. The van der Waals surface area contributed by atoms with Crippen molar-refractivity contribution in [2.75, 3.05) is 20.1 Å². The molecule has 0 N–H and O–H groups in total. The molecular weight excluding hydrogens is 415 g/mol. The summed E-state index contributed by atoms with van der Waals surface area (Å²) in [5.41, 5.74) is -0.634. The van der Waals surface area contributed by atoms with Crippen LogP contribution in [0.5, 0.6) is 0 Å². The van der Waals surface area contributed by atoms with Gasteiger partial charge in [-0.15, -0.1) is 0 Å². The van der Waals surface area contributed by atoms with E-state index < -0.39 is 23.4 Å². The Balaban J connectivity index is 2.07. The number of likely N-dealkylation sites (tertiary alicyclic amines) is 1. The number of amides is 2. The van der Waals surface area contributed by atoms with E-state index in [0.717, 1.165) is 6.07 Å². The predicted octanol–water partition coefficient (Wildman–Crippen LogP) is 4.32. The molecule has 1 aromatic carbocycles. The Hall–Kier alpha value is -1.34. The second kappa shape index (κ2) is 7.50. The lowest BCUT2D eigenvalue weighted by molar-refractivity contribution is 0.0279. The van der Waals surface area contributed by atoms with Gasteiger partial charge < -0.3 is 14.5 Å². The topological polar surface area (TPSA) is 49.9 Å². The molecule has 1 aromatic rings. The third kappa shape index (κ3) is 4.85. The van der Waals surface area contributed by atoms with E-state index in [1.165, 1.54) is 11.0 Å². The second-order valence-electron chi connectivity index (χ2n) is 7.03. The Morgan fingerprint density at radius 1 is 1.40 bits per heavy atom. The first kappa shape index (κ1) is 20.0. The van der Waals surface area contributed by atoms with Crippen molar-refractivity contribution in [3.05, 3.63) is 33.0 Å². The number of rotatable bonds is 2. The summed E-state index contributed by atoms with van der Waals surface area (Å²) in [6, 6.07) is 2.28. The minimum atomic E-state index is -0.674. The fourth-order valence-corrected chi connectivity index (χ4v) is 3.09. The van der Waals surface area contributed by atoms with Crippen LogP contribution in [0, 0.1) is 5.82 Å². The highest BCUT2D eigenvalue weighted by Gasteiger charge is 2.34. The van der Waals surface area contributed by atoms with Gasteiger partial charge in [0.05, 0.1) is 16.6 Å². The Morgan fingerprint density at radius 3 is 2.64 bits per heavy atom. The first-order valence-electron chi connectivity index (χ1n) is 7.89. The molecule has 0 aliphatic carbocycles. The molecule has 1 aliphatic rings. The van der Waals surface area contributed by atoms with E-state index in [-0.39, 0.29) is 16.6 Å². The maximum absolute atomic E-state index is 14.1. The normalized spacial score (nSPS) is 17.6. The van der Waals surface area contributed by atoms with Gasteiger partial charge in [-0.3, -0.25) is 4.79 Å². The van der Waals surface area contributed by atoms with E-state index in [0.29, 0.717) is 24.0 Å². The van der Waals surface area contributed by atoms with E-state index >= 15 is 0 Å². The van der Waals surface area contributed by atoms with Crippen molar-refractivity contribution in [1.82, 2.24) is 9.80 Å². The van der Waals surface area contributed by atoms with Gasteiger partial charge in [0.15, 0.2) is 0 Å². The highest BCUT2D eigenvalue weighted by atomic mass is 79.9. The minimum Gasteiger partial charge on any atom is -0.444 e. The van der Waals surface area contributed by atoms with E-state index in [2.05, 4.69) is 15.9 Å². The molecule has 138 valence electrons. The largest absolute Gasteiger partial charge is 0.444 e. The molecule has 0 unspecified atom stereocenters. The lowest BCUT2D eigenvalue weighted by Gasteiger charge is -2.27. The minimum absolute atomic E-state index is 0.0607. The molecule has 0 spiro atoms. The Kier molecular flexibility index (Phi) is 5.99. The zero-order valence-corrected chi connectivity index (χ0v) is 16.9. The number of halogens is 3. The number of hydrogen-bond acceptors (Lipinski definition) is 3. The van der Waals surface area contributed by atoms with Gasteiger partial charge >= 0.3 is 6.09 Å². The van der Waals surface area contributed by atoms with Crippen molar-refractivity contribution < 1.29 is 18.7 Å². The summed E-state index contributed by atoms with van der Waals surface area (Å²) in [5.74, 6) is -1.13. The molecule has 1 atom stereocenters. The summed E-state index contributed by atoms with van der Waals surface area (Å²) in [6.07, 6.45) is 0.203. The lowest BCUT2D eigenvalue weighted by atomic mass is 10.1.